The summed E-state index contributed by atoms with van der Waals surface area (Å²) in [5, 5.41) is 44.1. The maximum atomic E-state index is 12.8. The number of aryl methyl sites for hydroxylation is 1. The van der Waals surface area contributed by atoms with Crippen molar-refractivity contribution in [3.8, 4) is 22.6 Å². The average molecular weight is 519 g/mol. The first-order chi connectivity index (χ1) is 18.2. The number of rotatable bonds is 6. The number of carbonyl (C=O) groups excluding carboxylic acids is 1. The van der Waals surface area contributed by atoms with Crippen LogP contribution in [0.4, 0.5) is 5.82 Å². The molecule has 4 aromatic rings. The number of aliphatic hydroxyl groups is 2. The number of phenols is 2. The number of hydrogen-bond acceptors (Lipinski definition) is 10. The highest BCUT2D eigenvalue weighted by molar-refractivity contribution is 5.99. The highest BCUT2D eigenvalue weighted by Crippen LogP contribution is 2.35. The van der Waals surface area contributed by atoms with Crippen LogP contribution in [0, 0.1) is 6.92 Å². The van der Waals surface area contributed by atoms with Gasteiger partial charge in [-0.1, -0.05) is 42.0 Å². The van der Waals surface area contributed by atoms with E-state index in [1.807, 2.05) is 31.2 Å². The Morgan fingerprint density at radius 1 is 1.11 bits per heavy atom. The lowest BCUT2D eigenvalue weighted by Crippen LogP contribution is -2.31. The van der Waals surface area contributed by atoms with Gasteiger partial charge in [0.2, 0.25) is 0 Å². The van der Waals surface area contributed by atoms with Crippen LogP contribution in [0.5, 0.6) is 11.5 Å². The van der Waals surface area contributed by atoms with Crippen LogP contribution in [0.3, 0.4) is 0 Å². The van der Waals surface area contributed by atoms with Crippen LogP contribution in [-0.2, 0) is 4.74 Å². The van der Waals surface area contributed by atoms with Gasteiger partial charge in [0.15, 0.2) is 29.2 Å². The second-order valence-electron chi connectivity index (χ2n) is 8.95. The zero-order chi connectivity index (χ0) is 27.0. The number of fused-ring (bicyclic) bond motifs is 1. The molecule has 0 bridgehead atoms. The lowest BCUT2D eigenvalue weighted by Gasteiger charge is -2.16. The molecule has 0 aliphatic carbocycles. The standard InChI is InChI=1S/C26H26N6O6/c1-13-4-6-14(7-5-13)15-9-16(20(34)17(33)10-15)25(37)28-8-2-3-18-21(35)22(36)26(38-18)32-12-31-19-23(27)29-11-30-24(19)32/h2-7,9-12,18,21-22,26,33-36H,8H2,1H3,(H,28,37)(H2,27,29,30)/t18-,21+,22?,26-/m1/s1. The van der Waals surface area contributed by atoms with Crippen molar-refractivity contribution in [3.05, 3.63) is 72.3 Å². The number of benzene rings is 2. The lowest BCUT2D eigenvalue weighted by molar-refractivity contribution is -0.0245. The summed E-state index contributed by atoms with van der Waals surface area (Å²) in [6.45, 7) is 1.98. The molecule has 1 aliphatic heterocycles. The Bertz CT molecular complexity index is 1520. The number of nitrogens with two attached hydrogens (primary N) is 1. The zero-order valence-electron chi connectivity index (χ0n) is 20.3. The lowest BCUT2D eigenvalue weighted by atomic mass is 10.0. The van der Waals surface area contributed by atoms with Gasteiger partial charge in [-0.05, 0) is 30.2 Å². The number of nitrogen functional groups attached to an aromatic ring is 1. The van der Waals surface area contributed by atoms with Crippen molar-refractivity contribution >= 4 is 22.9 Å². The molecule has 2 aromatic carbocycles. The Balaban J connectivity index is 1.25. The molecule has 1 aliphatic rings. The van der Waals surface area contributed by atoms with Gasteiger partial charge < -0.3 is 36.2 Å². The molecule has 1 amide bonds. The number of nitrogens with one attached hydrogen (secondary N) is 1. The third kappa shape index (κ3) is 4.63. The van der Waals surface area contributed by atoms with Crippen LogP contribution >= 0.6 is 0 Å². The molecule has 196 valence electrons. The van der Waals surface area contributed by atoms with Crippen molar-refractivity contribution in [1.82, 2.24) is 24.8 Å². The maximum absolute atomic E-state index is 12.8. The molecule has 12 heteroatoms. The maximum Gasteiger partial charge on any atom is 0.255 e. The summed E-state index contributed by atoms with van der Waals surface area (Å²) in [4.78, 5) is 24.9. The van der Waals surface area contributed by atoms with Crippen molar-refractivity contribution in [2.75, 3.05) is 12.3 Å². The number of anilines is 1. The van der Waals surface area contributed by atoms with Crippen LogP contribution in [0.1, 0.15) is 22.1 Å². The van der Waals surface area contributed by atoms with E-state index in [0.29, 0.717) is 16.7 Å². The van der Waals surface area contributed by atoms with Crippen molar-refractivity contribution in [2.45, 2.75) is 31.5 Å². The zero-order valence-corrected chi connectivity index (χ0v) is 20.3. The van der Waals surface area contributed by atoms with Crippen LogP contribution < -0.4 is 11.1 Å². The first-order valence-corrected chi connectivity index (χ1v) is 11.8. The number of nitrogens with zero attached hydrogens (tertiary/aromatic N) is 4. The van der Waals surface area contributed by atoms with Gasteiger partial charge in [-0.25, -0.2) is 15.0 Å². The number of aliphatic hydroxyl groups excluding tert-OH is 2. The summed E-state index contributed by atoms with van der Waals surface area (Å²) in [5.41, 5.74) is 8.83. The van der Waals surface area contributed by atoms with Gasteiger partial charge in [0.25, 0.3) is 5.91 Å². The normalized spacial score (nSPS) is 21.3. The molecule has 3 heterocycles. The molecule has 1 unspecified atom stereocenters. The van der Waals surface area contributed by atoms with Gasteiger partial charge in [0.05, 0.1) is 11.9 Å². The summed E-state index contributed by atoms with van der Waals surface area (Å²) < 4.78 is 7.29. The van der Waals surface area contributed by atoms with Crippen LogP contribution in [0.25, 0.3) is 22.3 Å². The molecule has 5 rings (SSSR count). The van der Waals surface area contributed by atoms with Gasteiger partial charge in [-0.3, -0.25) is 9.36 Å². The van der Waals surface area contributed by atoms with E-state index in [0.717, 1.165) is 11.1 Å². The number of amides is 1. The highest BCUT2D eigenvalue weighted by Gasteiger charge is 2.43. The minimum absolute atomic E-state index is 0.0267. The van der Waals surface area contributed by atoms with E-state index in [2.05, 4.69) is 20.3 Å². The Labute approximate surface area is 216 Å². The first-order valence-electron chi connectivity index (χ1n) is 11.8. The SMILES string of the molecule is Cc1ccc(-c2cc(O)c(O)c(C(=O)NCC=C[C@H]3O[C@@H](n4cnc5c(N)ncnc54)C(O)[C@H]3O)c2)cc1. The fraction of sp³-hybridized carbons (Fsp3) is 0.231. The number of aromatic nitrogens is 4. The summed E-state index contributed by atoms with van der Waals surface area (Å²) in [5.74, 6) is -1.37. The van der Waals surface area contributed by atoms with Crippen LogP contribution in [0.2, 0.25) is 0 Å². The molecule has 12 nitrogen and oxygen atoms in total. The molecule has 1 fully saturated rings. The molecule has 1 saturated heterocycles. The Morgan fingerprint density at radius 3 is 2.63 bits per heavy atom. The number of ether oxygens (including phenoxy) is 1. The molecule has 0 radical (unpaired) electrons. The number of phenolic OH excluding ortho intramolecular Hbond substituents is 2. The molecule has 7 N–H and O–H groups in total. The second kappa shape index (κ2) is 10.1. The molecule has 0 spiro atoms. The average Bonchev–Trinajstić information content (AvgIpc) is 3.45. The minimum Gasteiger partial charge on any atom is -0.504 e. The topological polar surface area (TPSA) is 189 Å². The van der Waals surface area contributed by atoms with E-state index in [1.165, 1.54) is 35.4 Å². The van der Waals surface area contributed by atoms with Crippen molar-refractivity contribution in [1.29, 1.82) is 0 Å². The molecule has 4 atom stereocenters. The Kier molecular flexibility index (Phi) is 6.68. The van der Waals surface area contributed by atoms with E-state index in [-0.39, 0.29) is 17.9 Å². The molecule has 0 saturated carbocycles. The predicted molar refractivity (Wildman–Crippen MR) is 137 cm³/mol. The van der Waals surface area contributed by atoms with Gasteiger partial charge in [-0.2, -0.15) is 0 Å². The van der Waals surface area contributed by atoms with Crippen molar-refractivity contribution in [3.63, 3.8) is 0 Å². The van der Waals surface area contributed by atoms with Gasteiger partial charge in [0, 0.05) is 6.54 Å². The number of carbonyl (C=O) groups is 1. The van der Waals surface area contributed by atoms with Gasteiger partial charge in [0.1, 0.15) is 30.2 Å². The van der Waals surface area contributed by atoms with E-state index in [4.69, 9.17) is 10.5 Å². The quantitative estimate of drug-likeness (QED) is 0.161. The fourth-order valence-corrected chi connectivity index (χ4v) is 4.28. The summed E-state index contributed by atoms with van der Waals surface area (Å²) in [6.07, 6.45) is 1.33. The molecule has 2 aromatic heterocycles. The second-order valence-corrected chi connectivity index (χ2v) is 8.95. The van der Waals surface area contributed by atoms with Crippen molar-refractivity contribution < 1.29 is 30.0 Å². The van der Waals surface area contributed by atoms with E-state index in [1.54, 1.807) is 6.08 Å². The minimum atomic E-state index is -1.28. The Hall–Kier alpha value is -4.52. The number of aromatic hydroxyl groups is 2. The van der Waals surface area contributed by atoms with E-state index in [9.17, 15) is 25.2 Å². The largest absolute Gasteiger partial charge is 0.504 e. The summed E-state index contributed by atoms with van der Waals surface area (Å²) in [6, 6.07) is 10.4. The molecular weight excluding hydrogens is 492 g/mol. The Morgan fingerprint density at radius 2 is 1.87 bits per heavy atom. The molecule has 38 heavy (non-hydrogen) atoms. The smallest absolute Gasteiger partial charge is 0.255 e. The summed E-state index contributed by atoms with van der Waals surface area (Å²) in [7, 11) is 0. The van der Waals surface area contributed by atoms with Crippen molar-refractivity contribution in [2.24, 2.45) is 0 Å². The third-order valence-corrected chi connectivity index (χ3v) is 6.36. The number of imidazole rings is 1. The third-order valence-electron chi connectivity index (χ3n) is 6.36. The number of hydrogen-bond donors (Lipinski definition) is 6. The predicted octanol–water partition coefficient (Wildman–Crippen LogP) is 1.40. The van der Waals surface area contributed by atoms with Crippen LogP contribution in [0.15, 0.2) is 61.2 Å². The van der Waals surface area contributed by atoms with Gasteiger partial charge in [-0.15, -0.1) is 0 Å². The fourth-order valence-electron chi connectivity index (χ4n) is 4.28. The first kappa shape index (κ1) is 25.1. The van der Waals surface area contributed by atoms with E-state index < -0.39 is 41.9 Å². The van der Waals surface area contributed by atoms with E-state index >= 15 is 0 Å². The monoisotopic (exact) mass is 518 g/mol. The highest BCUT2D eigenvalue weighted by atomic mass is 16.6. The summed E-state index contributed by atoms with van der Waals surface area (Å²) >= 11 is 0. The van der Waals surface area contributed by atoms with Gasteiger partial charge >= 0.3 is 0 Å². The molecular formula is C26H26N6O6. The van der Waals surface area contributed by atoms with Crippen LogP contribution in [-0.4, -0.2) is 70.7 Å².